The van der Waals surface area contributed by atoms with Crippen molar-refractivity contribution in [3.8, 4) is 5.75 Å². The number of thioether (sulfide) groups is 1. The number of hydrogen-bond donors (Lipinski definition) is 0. The van der Waals surface area contributed by atoms with Crippen molar-refractivity contribution in [3.63, 3.8) is 0 Å². The third-order valence-corrected chi connectivity index (χ3v) is 4.06. The second kappa shape index (κ2) is 8.11. The molecule has 10 heteroatoms. The first-order chi connectivity index (χ1) is 11.7. The highest BCUT2D eigenvalue weighted by Gasteiger charge is 2.11. The van der Waals surface area contributed by atoms with Crippen LogP contribution in [0.1, 0.15) is 25.1 Å². The second-order valence-corrected chi connectivity index (χ2v) is 6.17. The van der Waals surface area contributed by atoms with Gasteiger partial charge in [-0.05, 0) is 41.1 Å². The Morgan fingerprint density at radius 1 is 1.21 bits per heavy atom. The standard InChI is InChI=1S/C14H15ClN6O2S/c1-2-7-21-12(16-19-20-21)9-24-14-18-17-13(23-14)8-22-11-5-3-10(15)4-6-11/h3-6H,2,7-9H2,1H3. The average molecular weight is 367 g/mol. The van der Waals surface area contributed by atoms with Crippen molar-refractivity contribution in [2.45, 2.75) is 37.5 Å². The van der Waals surface area contributed by atoms with Gasteiger partial charge < -0.3 is 9.15 Å². The summed E-state index contributed by atoms with van der Waals surface area (Å²) in [5.74, 6) is 2.43. The van der Waals surface area contributed by atoms with Gasteiger partial charge in [0.15, 0.2) is 12.4 Å². The van der Waals surface area contributed by atoms with Crippen LogP contribution < -0.4 is 4.74 Å². The number of tetrazole rings is 1. The lowest BCUT2D eigenvalue weighted by molar-refractivity contribution is 0.252. The van der Waals surface area contributed by atoms with E-state index in [4.69, 9.17) is 20.8 Å². The van der Waals surface area contributed by atoms with Crippen molar-refractivity contribution in [1.29, 1.82) is 0 Å². The molecule has 0 spiro atoms. The Kier molecular flexibility index (Phi) is 5.65. The van der Waals surface area contributed by atoms with Gasteiger partial charge >= 0.3 is 0 Å². The van der Waals surface area contributed by atoms with Gasteiger partial charge in [-0.2, -0.15) is 0 Å². The molecule has 24 heavy (non-hydrogen) atoms. The average Bonchev–Trinajstić information content (AvgIpc) is 3.22. The van der Waals surface area contributed by atoms with Gasteiger partial charge in [-0.15, -0.1) is 15.3 Å². The lowest BCUT2D eigenvalue weighted by Crippen LogP contribution is -2.04. The van der Waals surface area contributed by atoms with E-state index in [-0.39, 0.29) is 6.61 Å². The smallest absolute Gasteiger partial charge is 0.277 e. The molecule has 2 heterocycles. The second-order valence-electron chi connectivity index (χ2n) is 4.81. The molecule has 3 aromatic rings. The van der Waals surface area contributed by atoms with Crippen LogP contribution in [0.25, 0.3) is 0 Å². The summed E-state index contributed by atoms with van der Waals surface area (Å²) in [7, 11) is 0. The van der Waals surface area contributed by atoms with Crippen LogP contribution in [0.15, 0.2) is 33.9 Å². The molecule has 126 valence electrons. The maximum atomic E-state index is 5.83. The summed E-state index contributed by atoms with van der Waals surface area (Å²) < 4.78 is 12.9. The zero-order chi connectivity index (χ0) is 16.8. The molecule has 0 aliphatic carbocycles. The van der Waals surface area contributed by atoms with Crippen molar-refractivity contribution in [2.24, 2.45) is 0 Å². The molecule has 0 fully saturated rings. The molecule has 0 aliphatic rings. The van der Waals surface area contributed by atoms with Gasteiger partial charge in [0.25, 0.3) is 11.1 Å². The quantitative estimate of drug-likeness (QED) is 0.562. The molecule has 0 bridgehead atoms. The summed E-state index contributed by atoms with van der Waals surface area (Å²) in [5.41, 5.74) is 0. The van der Waals surface area contributed by atoms with E-state index in [1.54, 1.807) is 28.9 Å². The zero-order valence-electron chi connectivity index (χ0n) is 12.9. The van der Waals surface area contributed by atoms with E-state index in [1.807, 2.05) is 0 Å². The molecule has 0 radical (unpaired) electrons. The van der Waals surface area contributed by atoms with Gasteiger partial charge in [-0.1, -0.05) is 30.3 Å². The predicted octanol–water partition coefficient (Wildman–Crippen LogP) is 2.99. The maximum absolute atomic E-state index is 5.83. The summed E-state index contributed by atoms with van der Waals surface area (Å²) >= 11 is 7.21. The van der Waals surface area contributed by atoms with E-state index in [0.717, 1.165) is 18.8 Å². The van der Waals surface area contributed by atoms with Gasteiger partial charge in [0.1, 0.15) is 5.75 Å². The van der Waals surface area contributed by atoms with Crippen LogP contribution in [0, 0.1) is 0 Å². The van der Waals surface area contributed by atoms with Crippen LogP contribution in [0.3, 0.4) is 0 Å². The Bertz CT molecular complexity index is 776. The van der Waals surface area contributed by atoms with Gasteiger partial charge in [-0.3, -0.25) is 0 Å². The largest absolute Gasteiger partial charge is 0.484 e. The van der Waals surface area contributed by atoms with Crippen LogP contribution >= 0.6 is 23.4 Å². The minimum Gasteiger partial charge on any atom is -0.484 e. The normalized spacial score (nSPS) is 10.9. The highest BCUT2D eigenvalue weighted by atomic mass is 35.5. The van der Waals surface area contributed by atoms with Crippen molar-refractivity contribution in [2.75, 3.05) is 0 Å². The molecule has 0 aliphatic heterocycles. The third kappa shape index (κ3) is 4.45. The van der Waals surface area contributed by atoms with Crippen LogP contribution in [0.5, 0.6) is 5.75 Å². The number of hydrogen-bond acceptors (Lipinski definition) is 8. The van der Waals surface area contributed by atoms with Crippen LogP contribution in [0.2, 0.25) is 5.02 Å². The Morgan fingerprint density at radius 3 is 2.83 bits per heavy atom. The first kappa shape index (κ1) is 16.7. The minimum atomic E-state index is 0.197. The summed E-state index contributed by atoms with van der Waals surface area (Å²) in [6, 6.07) is 7.07. The summed E-state index contributed by atoms with van der Waals surface area (Å²) in [5, 5.41) is 20.7. The SMILES string of the molecule is CCCn1nnnc1CSc1nnc(COc2ccc(Cl)cc2)o1. The Labute approximate surface area is 147 Å². The number of aryl methyl sites for hydroxylation is 1. The number of ether oxygens (including phenoxy) is 1. The number of aromatic nitrogens is 6. The van der Waals surface area contributed by atoms with Crippen LogP contribution in [-0.2, 0) is 18.9 Å². The van der Waals surface area contributed by atoms with Gasteiger partial charge in [-0.25, -0.2) is 4.68 Å². The van der Waals surface area contributed by atoms with E-state index < -0.39 is 0 Å². The van der Waals surface area contributed by atoms with Crippen molar-refractivity contribution in [1.82, 2.24) is 30.4 Å². The predicted molar refractivity (Wildman–Crippen MR) is 87.8 cm³/mol. The van der Waals surface area contributed by atoms with Gasteiger partial charge in [0.05, 0.1) is 5.75 Å². The van der Waals surface area contributed by atoms with E-state index >= 15 is 0 Å². The summed E-state index contributed by atoms with van der Waals surface area (Å²) in [4.78, 5) is 0. The van der Waals surface area contributed by atoms with E-state index in [1.165, 1.54) is 11.8 Å². The molecule has 2 aromatic heterocycles. The molecule has 0 saturated carbocycles. The molecule has 0 amide bonds. The molecular weight excluding hydrogens is 352 g/mol. The Balaban J connectivity index is 1.51. The molecule has 0 N–H and O–H groups in total. The molecular formula is C14H15ClN6O2S. The number of halogens is 1. The van der Waals surface area contributed by atoms with Gasteiger partial charge in [0, 0.05) is 11.6 Å². The molecule has 0 saturated heterocycles. The Morgan fingerprint density at radius 2 is 2.04 bits per heavy atom. The lowest BCUT2D eigenvalue weighted by Gasteiger charge is -2.02. The van der Waals surface area contributed by atoms with Crippen molar-refractivity contribution < 1.29 is 9.15 Å². The Hall–Kier alpha value is -2.13. The van der Waals surface area contributed by atoms with E-state index in [2.05, 4.69) is 32.6 Å². The first-order valence-corrected chi connectivity index (χ1v) is 8.69. The molecule has 0 atom stereocenters. The fourth-order valence-corrected chi connectivity index (χ4v) is 2.71. The first-order valence-electron chi connectivity index (χ1n) is 7.33. The molecule has 8 nitrogen and oxygen atoms in total. The number of benzene rings is 1. The molecule has 1 aromatic carbocycles. The zero-order valence-corrected chi connectivity index (χ0v) is 14.5. The van der Waals surface area contributed by atoms with Crippen molar-refractivity contribution in [3.05, 3.63) is 41.0 Å². The third-order valence-electron chi connectivity index (χ3n) is 2.99. The highest BCUT2D eigenvalue weighted by Crippen LogP contribution is 2.21. The summed E-state index contributed by atoms with van der Waals surface area (Å²) in [6.45, 7) is 3.05. The lowest BCUT2D eigenvalue weighted by atomic mass is 10.3. The van der Waals surface area contributed by atoms with Crippen molar-refractivity contribution >= 4 is 23.4 Å². The monoisotopic (exact) mass is 366 g/mol. The molecule has 3 rings (SSSR count). The highest BCUT2D eigenvalue weighted by molar-refractivity contribution is 7.98. The van der Waals surface area contributed by atoms with Gasteiger partial charge in [0.2, 0.25) is 0 Å². The summed E-state index contributed by atoms with van der Waals surface area (Å²) in [6.07, 6.45) is 0.968. The van der Waals surface area contributed by atoms with E-state index in [9.17, 15) is 0 Å². The molecule has 0 unspecified atom stereocenters. The maximum Gasteiger partial charge on any atom is 0.277 e. The number of nitrogens with zero attached hydrogens (tertiary/aromatic N) is 6. The minimum absolute atomic E-state index is 0.197. The van der Waals surface area contributed by atoms with Crippen LogP contribution in [0.4, 0.5) is 0 Å². The fraction of sp³-hybridized carbons (Fsp3) is 0.357. The number of rotatable bonds is 8. The fourth-order valence-electron chi connectivity index (χ4n) is 1.87. The van der Waals surface area contributed by atoms with E-state index in [0.29, 0.717) is 27.6 Å². The van der Waals surface area contributed by atoms with Crippen LogP contribution in [-0.4, -0.2) is 30.4 Å². The topological polar surface area (TPSA) is 91.8 Å².